The number of rotatable bonds is 3. The number of nitrogens with zero attached hydrogens (tertiary/aromatic N) is 3. The molecule has 5 heteroatoms. The van der Waals surface area contributed by atoms with E-state index < -0.39 is 0 Å². The Balaban J connectivity index is 1.99. The van der Waals surface area contributed by atoms with Gasteiger partial charge in [0.2, 0.25) is 5.95 Å². The summed E-state index contributed by atoms with van der Waals surface area (Å²) in [5.74, 6) is 0.603. The lowest BCUT2D eigenvalue weighted by atomic mass is 10.3. The van der Waals surface area contributed by atoms with Gasteiger partial charge in [0.15, 0.2) is 0 Å². The lowest BCUT2D eigenvalue weighted by molar-refractivity contribution is 0.981. The summed E-state index contributed by atoms with van der Waals surface area (Å²) in [6.45, 7) is 2.60. The molecule has 2 rings (SSSR count). The summed E-state index contributed by atoms with van der Waals surface area (Å²) in [4.78, 5) is 12.6. The summed E-state index contributed by atoms with van der Waals surface area (Å²) in [6.07, 6.45) is 3.41. The zero-order valence-corrected chi connectivity index (χ0v) is 10.4. The van der Waals surface area contributed by atoms with Crippen LogP contribution in [0.5, 0.6) is 0 Å². The average Bonchev–Trinajstić information content (AvgIpc) is 2.28. The molecule has 0 aliphatic carbocycles. The predicted molar refractivity (Wildman–Crippen MR) is 66.0 cm³/mol. The second-order valence-corrected chi connectivity index (χ2v) is 4.26. The Morgan fingerprint density at radius 2 is 2.00 bits per heavy atom. The van der Waals surface area contributed by atoms with Crippen molar-refractivity contribution in [2.75, 3.05) is 5.32 Å². The van der Waals surface area contributed by atoms with E-state index in [0.717, 1.165) is 15.9 Å². The monoisotopic (exact) mass is 278 g/mol. The van der Waals surface area contributed by atoms with Crippen LogP contribution >= 0.6 is 15.9 Å². The van der Waals surface area contributed by atoms with Gasteiger partial charge in [-0.25, -0.2) is 9.97 Å². The molecule has 16 heavy (non-hydrogen) atoms. The Labute approximate surface area is 102 Å². The molecule has 0 fully saturated rings. The van der Waals surface area contributed by atoms with E-state index >= 15 is 0 Å². The number of hydrogen-bond acceptors (Lipinski definition) is 4. The number of nitrogens with one attached hydrogen (secondary N) is 1. The molecule has 2 aromatic heterocycles. The van der Waals surface area contributed by atoms with Gasteiger partial charge < -0.3 is 5.32 Å². The molecule has 0 unspecified atom stereocenters. The van der Waals surface area contributed by atoms with E-state index in [1.54, 1.807) is 12.4 Å². The van der Waals surface area contributed by atoms with E-state index in [4.69, 9.17) is 0 Å². The van der Waals surface area contributed by atoms with Crippen molar-refractivity contribution in [3.05, 3.63) is 46.5 Å². The third-order valence-corrected chi connectivity index (χ3v) is 2.40. The smallest absolute Gasteiger partial charge is 0.222 e. The second-order valence-electron chi connectivity index (χ2n) is 3.35. The molecule has 0 saturated carbocycles. The molecule has 0 bridgehead atoms. The average molecular weight is 279 g/mol. The van der Waals surface area contributed by atoms with Crippen LogP contribution in [0.4, 0.5) is 5.95 Å². The number of aryl methyl sites for hydroxylation is 1. The molecule has 0 spiro atoms. The van der Waals surface area contributed by atoms with Gasteiger partial charge in [-0.05, 0) is 35.0 Å². The van der Waals surface area contributed by atoms with Crippen LogP contribution in [-0.4, -0.2) is 15.0 Å². The molecular weight excluding hydrogens is 268 g/mol. The maximum Gasteiger partial charge on any atom is 0.222 e. The van der Waals surface area contributed by atoms with E-state index in [2.05, 4.69) is 36.2 Å². The van der Waals surface area contributed by atoms with Crippen LogP contribution in [0.15, 0.2) is 35.1 Å². The minimum absolute atomic E-state index is 0.603. The lowest BCUT2D eigenvalue weighted by Crippen LogP contribution is -2.05. The molecule has 0 aliphatic rings. The van der Waals surface area contributed by atoms with Crippen molar-refractivity contribution in [1.29, 1.82) is 0 Å². The first-order chi connectivity index (χ1) is 7.74. The van der Waals surface area contributed by atoms with E-state index in [9.17, 15) is 0 Å². The van der Waals surface area contributed by atoms with E-state index in [1.165, 1.54) is 0 Å². The summed E-state index contributed by atoms with van der Waals surface area (Å²) in [5.41, 5.74) is 1.99. The van der Waals surface area contributed by atoms with Crippen LogP contribution in [0, 0.1) is 6.92 Å². The fourth-order valence-corrected chi connectivity index (χ4v) is 1.48. The van der Waals surface area contributed by atoms with Crippen molar-refractivity contribution >= 4 is 21.9 Å². The largest absolute Gasteiger partial charge is 0.349 e. The maximum atomic E-state index is 4.38. The van der Waals surface area contributed by atoms with Crippen LogP contribution in [0.3, 0.4) is 0 Å². The second kappa shape index (κ2) is 5.03. The van der Waals surface area contributed by atoms with Crippen molar-refractivity contribution < 1.29 is 0 Å². The highest BCUT2D eigenvalue weighted by Gasteiger charge is 1.97. The third-order valence-electron chi connectivity index (χ3n) is 1.99. The number of anilines is 1. The van der Waals surface area contributed by atoms with Gasteiger partial charge in [-0.3, -0.25) is 4.98 Å². The van der Waals surface area contributed by atoms with Crippen LogP contribution < -0.4 is 5.32 Å². The zero-order chi connectivity index (χ0) is 11.4. The van der Waals surface area contributed by atoms with Gasteiger partial charge in [-0.1, -0.05) is 6.07 Å². The molecular formula is C11H11BrN4. The molecule has 82 valence electrons. The van der Waals surface area contributed by atoms with Gasteiger partial charge in [0.25, 0.3) is 0 Å². The van der Waals surface area contributed by atoms with Gasteiger partial charge in [-0.15, -0.1) is 0 Å². The first-order valence-electron chi connectivity index (χ1n) is 4.88. The Morgan fingerprint density at radius 3 is 2.69 bits per heavy atom. The van der Waals surface area contributed by atoms with E-state index in [1.807, 2.05) is 25.1 Å². The fraction of sp³-hybridized carbons (Fsp3) is 0.182. The summed E-state index contributed by atoms with van der Waals surface area (Å²) < 4.78 is 0.867. The first-order valence-corrected chi connectivity index (χ1v) is 5.67. The Kier molecular flexibility index (Phi) is 3.46. The summed E-state index contributed by atoms with van der Waals surface area (Å²) in [7, 11) is 0. The summed E-state index contributed by atoms with van der Waals surface area (Å²) in [5, 5.41) is 3.11. The highest BCUT2D eigenvalue weighted by Crippen LogP contribution is 2.07. The maximum absolute atomic E-state index is 4.38. The van der Waals surface area contributed by atoms with E-state index in [-0.39, 0.29) is 0 Å². The first kappa shape index (κ1) is 11.0. The predicted octanol–water partition coefficient (Wildman–Crippen LogP) is 2.55. The van der Waals surface area contributed by atoms with Gasteiger partial charge in [0.1, 0.15) is 0 Å². The van der Waals surface area contributed by atoms with Crippen molar-refractivity contribution in [2.24, 2.45) is 0 Å². The standard InChI is InChI=1S/C11H11BrN4/c1-8-3-2-4-10(16-8)7-15-11-13-5-9(12)6-14-11/h2-6H,7H2,1H3,(H,13,14,15). The molecule has 0 amide bonds. The highest BCUT2D eigenvalue weighted by molar-refractivity contribution is 9.10. The van der Waals surface area contributed by atoms with E-state index in [0.29, 0.717) is 12.5 Å². The van der Waals surface area contributed by atoms with Crippen LogP contribution in [-0.2, 0) is 6.54 Å². The molecule has 0 atom stereocenters. The number of pyridine rings is 1. The van der Waals surface area contributed by atoms with Gasteiger partial charge in [0.05, 0.1) is 16.7 Å². The zero-order valence-electron chi connectivity index (χ0n) is 8.81. The summed E-state index contributed by atoms with van der Waals surface area (Å²) >= 11 is 3.29. The molecule has 0 aliphatic heterocycles. The number of aromatic nitrogens is 3. The summed E-state index contributed by atoms with van der Waals surface area (Å²) in [6, 6.07) is 5.93. The van der Waals surface area contributed by atoms with Crippen molar-refractivity contribution in [1.82, 2.24) is 15.0 Å². The Morgan fingerprint density at radius 1 is 1.25 bits per heavy atom. The van der Waals surface area contributed by atoms with Gasteiger partial charge >= 0.3 is 0 Å². The highest BCUT2D eigenvalue weighted by atomic mass is 79.9. The number of hydrogen-bond donors (Lipinski definition) is 1. The fourth-order valence-electron chi connectivity index (χ4n) is 1.27. The van der Waals surface area contributed by atoms with Crippen molar-refractivity contribution in [3.8, 4) is 0 Å². The van der Waals surface area contributed by atoms with Crippen LogP contribution in [0.25, 0.3) is 0 Å². The van der Waals surface area contributed by atoms with Gasteiger partial charge in [0, 0.05) is 18.1 Å². The van der Waals surface area contributed by atoms with Crippen molar-refractivity contribution in [2.45, 2.75) is 13.5 Å². The normalized spacial score (nSPS) is 10.1. The molecule has 2 heterocycles. The molecule has 4 nitrogen and oxygen atoms in total. The minimum atomic E-state index is 0.603. The Hall–Kier alpha value is -1.49. The van der Waals surface area contributed by atoms with Gasteiger partial charge in [-0.2, -0.15) is 0 Å². The SMILES string of the molecule is Cc1cccc(CNc2ncc(Br)cn2)n1. The topological polar surface area (TPSA) is 50.7 Å². The molecule has 2 aromatic rings. The molecule has 0 aromatic carbocycles. The lowest BCUT2D eigenvalue weighted by Gasteiger charge is -2.04. The molecule has 1 N–H and O–H groups in total. The minimum Gasteiger partial charge on any atom is -0.349 e. The molecule has 0 radical (unpaired) electrons. The van der Waals surface area contributed by atoms with Crippen LogP contribution in [0.2, 0.25) is 0 Å². The van der Waals surface area contributed by atoms with Crippen LogP contribution in [0.1, 0.15) is 11.4 Å². The number of halogens is 1. The third kappa shape index (κ3) is 3.00. The molecule has 0 saturated heterocycles. The Bertz CT molecular complexity index is 470. The van der Waals surface area contributed by atoms with Crippen molar-refractivity contribution in [3.63, 3.8) is 0 Å². The quantitative estimate of drug-likeness (QED) is 0.938.